The first-order chi connectivity index (χ1) is 14.3. The van der Waals surface area contributed by atoms with Crippen LogP contribution in [0.4, 0.5) is 0 Å². The minimum atomic E-state index is -1.36. The lowest BCUT2D eigenvalue weighted by atomic mass is 9.78. The summed E-state index contributed by atoms with van der Waals surface area (Å²) in [7, 11) is 0. The Labute approximate surface area is 188 Å². The normalized spacial score (nSPS) is 39.7. The standard InChI is InChI=1S/C21H37ClN2O5S/c1-11(22)15(19-17(26)16(25)18(27)21(29-19)30-2)24-20(28)14-10-13(8-9-23-14)7-6-12-4-3-5-12/h11-19,21,23,25-27H,3-10H2,1-2H3,(H,24,28). The minimum absolute atomic E-state index is 0.155. The van der Waals surface area contributed by atoms with E-state index in [1.165, 1.54) is 43.9 Å². The predicted octanol–water partition coefficient (Wildman–Crippen LogP) is 1.22. The maximum absolute atomic E-state index is 13.0. The largest absolute Gasteiger partial charge is 0.388 e. The Hall–Kier alpha value is -0.0900. The number of alkyl halides is 1. The van der Waals surface area contributed by atoms with E-state index in [4.69, 9.17) is 16.3 Å². The average Bonchev–Trinajstić information content (AvgIpc) is 2.69. The zero-order chi connectivity index (χ0) is 21.8. The molecule has 2 aliphatic heterocycles. The van der Waals surface area contributed by atoms with Gasteiger partial charge in [-0.05, 0) is 44.4 Å². The third kappa shape index (κ3) is 5.82. The summed E-state index contributed by atoms with van der Waals surface area (Å²) in [5.41, 5.74) is -0.702. The lowest BCUT2D eigenvalue weighted by molar-refractivity contribution is -0.205. The van der Waals surface area contributed by atoms with Crippen LogP contribution >= 0.6 is 23.4 Å². The van der Waals surface area contributed by atoms with Crippen LogP contribution < -0.4 is 10.6 Å². The quantitative estimate of drug-likeness (QED) is 0.343. The van der Waals surface area contributed by atoms with E-state index in [2.05, 4.69) is 10.6 Å². The number of halogens is 1. The fourth-order valence-corrected chi connectivity index (χ4v) is 5.69. The molecule has 2 heterocycles. The van der Waals surface area contributed by atoms with E-state index >= 15 is 0 Å². The van der Waals surface area contributed by atoms with Gasteiger partial charge in [0.05, 0.1) is 17.5 Å². The van der Waals surface area contributed by atoms with Gasteiger partial charge >= 0.3 is 0 Å². The van der Waals surface area contributed by atoms with Gasteiger partial charge in [0.25, 0.3) is 0 Å². The van der Waals surface area contributed by atoms with Crippen LogP contribution in [-0.2, 0) is 9.53 Å². The lowest BCUT2D eigenvalue weighted by Crippen LogP contribution is -2.65. The third-order valence-corrected chi connectivity index (χ3v) is 8.16. The van der Waals surface area contributed by atoms with E-state index in [1.54, 1.807) is 13.2 Å². The molecule has 0 spiro atoms. The topological polar surface area (TPSA) is 111 Å². The highest BCUT2D eigenvalue weighted by Crippen LogP contribution is 2.34. The number of hydrogen-bond acceptors (Lipinski definition) is 7. The molecule has 3 aliphatic rings. The minimum Gasteiger partial charge on any atom is -0.388 e. The molecule has 0 aromatic rings. The molecule has 9 unspecified atom stereocenters. The summed E-state index contributed by atoms with van der Waals surface area (Å²) < 4.78 is 5.83. The molecular weight excluding hydrogens is 428 g/mol. The Morgan fingerprint density at radius 3 is 2.47 bits per heavy atom. The fraction of sp³-hybridized carbons (Fsp3) is 0.952. The van der Waals surface area contributed by atoms with Gasteiger partial charge in [-0.2, -0.15) is 0 Å². The Morgan fingerprint density at radius 2 is 1.87 bits per heavy atom. The number of thioether (sulfide) groups is 1. The molecule has 3 rings (SSSR count). The van der Waals surface area contributed by atoms with Crippen LogP contribution in [0.5, 0.6) is 0 Å². The van der Waals surface area contributed by atoms with Gasteiger partial charge in [-0.3, -0.25) is 4.79 Å². The highest BCUT2D eigenvalue weighted by molar-refractivity contribution is 7.99. The van der Waals surface area contributed by atoms with Gasteiger partial charge < -0.3 is 30.7 Å². The number of aliphatic hydroxyl groups is 3. The Bertz CT molecular complexity index is 566. The van der Waals surface area contributed by atoms with Crippen molar-refractivity contribution in [3.8, 4) is 0 Å². The molecule has 30 heavy (non-hydrogen) atoms. The fourth-order valence-electron chi connectivity index (χ4n) is 4.80. The zero-order valence-electron chi connectivity index (χ0n) is 17.9. The smallest absolute Gasteiger partial charge is 0.237 e. The van der Waals surface area contributed by atoms with Gasteiger partial charge in [-0.25, -0.2) is 0 Å². The number of carbonyl (C=O) groups is 1. The summed E-state index contributed by atoms with van der Waals surface area (Å²) in [6, 6.07) is -0.987. The summed E-state index contributed by atoms with van der Waals surface area (Å²) in [6.07, 6.45) is 5.33. The Kier molecular flexibility index (Phi) is 9.14. The third-order valence-electron chi connectivity index (χ3n) is 7.03. The van der Waals surface area contributed by atoms with E-state index < -0.39 is 41.3 Å². The van der Waals surface area contributed by atoms with E-state index in [1.807, 2.05) is 0 Å². The summed E-state index contributed by atoms with van der Waals surface area (Å²) in [5.74, 6) is 1.27. The van der Waals surface area contributed by atoms with Crippen molar-refractivity contribution in [3.63, 3.8) is 0 Å². The van der Waals surface area contributed by atoms with Crippen molar-refractivity contribution in [1.29, 1.82) is 0 Å². The second-order valence-corrected chi connectivity index (χ2v) is 10.8. The van der Waals surface area contributed by atoms with Gasteiger partial charge in [-0.15, -0.1) is 23.4 Å². The van der Waals surface area contributed by atoms with E-state index in [9.17, 15) is 20.1 Å². The number of amides is 1. The number of rotatable bonds is 8. The SMILES string of the molecule is CSC1OC(C(NC(=O)C2CC(CCC3CCC3)CCN2)C(C)Cl)C(O)C(O)C1O. The lowest BCUT2D eigenvalue weighted by Gasteiger charge is -2.44. The van der Waals surface area contributed by atoms with Crippen molar-refractivity contribution < 1.29 is 24.9 Å². The van der Waals surface area contributed by atoms with Crippen molar-refractivity contribution in [2.75, 3.05) is 12.8 Å². The zero-order valence-corrected chi connectivity index (χ0v) is 19.4. The monoisotopic (exact) mass is 464 g/mol. The van der Waals surface area contributed by atoms with Crippen molar-refractivity contribution in [3.05, 3.63) is 0 Å². The second kappa shape index (κ2) is 11.2. The van der Waals surface area contributed by atoms with Gasteiger partial charge in [0.2, 0.25) is 5.91 Å². The Morgan fingerprint density at radius 1 is 1.17 bits per heavy atom. The molecule has 0 radical (unpaired) electrons. The van der Waals surface area contributed by atoms with Crippen LogP contribution in [-0.4, -0.2) is 81.3 Å². The number of aliphatic hydroxyl groups excluding tert-OH is 3. The average molecular weight is 465 g/mol. The van der Waals surface area contributed by atoms with E-state index in [-0.39, 0.29) is 11.9 Å². The van der Waals surface area contributed by atoms with E-state index in [0.717, 1.165) is 25.3 Å². The molecule has 7 nitrogen and oxygen atoms in total. The molecule has 5 N–H and O–H groups in total. The molecule has 3 fully saturated rings. The highest BCUT2D eigenvalue weighted by atomic mass is 35.5. The maximum Gasteiger partial charge on any atom is 0.237 e. The highest BCUT2D eigenvalue weighted by Gasteiger charge is 2.48. The van der Waals surface area contributed by atoms with Crippen molar-refractivity contribution in [1.82, 2.24) is 10.6 Å². The second-order valence-electron chi connectivity index (χ2n) is 9.16. The summed E-state index contributed by atoms with van der Waals surface area (Å²) >= 11 is 7.60. The molecule has 1 saturated carbocycles. The molecule has 1 amide bonds. The predicted molar refractivity (Wildman–Crippen MR) is 119 cm³/mol. The van der Waals surface area contributed by atoms with Crippen molar-refractivity contribution in [2.45, 2.75) is 99.2 Å². The van der Waals surface area contributed by atoms with Gasteiger partial charge in [0, 0.05) is 0 Å². The van der Waals surface area contributed by atoms with Crippen LogP contribution in [0.15, 0.2) is 0 Å². The summed E-state index contributed by atoms with van der Waals surface area (Å²) in [6.45, 7) is 2.54. The van der Waals surface area contributed by atoms with Crippen LogP contribution in [0.25, 0.3) is 0 Å². The van der Waals surface area contributed by atoms with Gasteiger partial charge in [0.1, 0.15) is 29.9 Å². The molecule has 174 valence electrons. The first-order valence-corrected chi connectivity index (χ1v) is 12.9. The molecule has 1 aliphatic carbocycles. The molecule has 0 aromatic heterocycles. The summed E-state index contributed by atoms with van der Waals surface area (Å²) in [5, 5.41) is 36.5. The number of nitrogens with one attached hydrogen (secondary N) is 2. The van der Waals surface area contributed by atoms with Gasteiger partial charge in [0.15, 0.2) is 0 Å². The molecule has 9 atom stereocenters. The van der Waals surface area contributed by atoms with Crippen molar-refractivity contribution in [2.24, 2.45) is 11.8 Å². The van der Waals surface area contributed by atoms with Crippen molar-refractivity contribution >= 4 is 29.3 Å². The number of ether oxygens (including phenoxy) is 1. The van der Waals surface area contributed by atoms with Crippen LogP contribution in [0.3, 0.4) is 0 Å². The molecule has 0 aromatic carbocycles. The Balaban J connectivity index is 1.59. The molecular formula is C21H37ClN2O5S. The molecule has 2 saturated heterocycles. The first kappa shape index (κ1) is 24.6. The van der Waals surface area contributed by atoms with Gasteiger partial charge in [-0.1, -0.05) is 32.1 Å². The van der Waals surface area contributed by atoms with E-state index in [0.29, 0.717) is 5.92 Å². The van der Waals surface area contributed by atoms with Crippen LogP contribution in [0.2, 0.25) is 0 Å². The van der Waals surface area contributed by atoms with Crippen LogP contribution in [0.1, 0.15) is 51.9 Å². The number of carbonyl (C=O) groups excluding carboxylic acids is 1. The summed E-state index contributed by atoms with van der Waals surface area (Å²) in [4.78, 5) is 13.0. The number of hydrogen-bond donors (Lipinski definition) is 5. The van der Waals surface area contributed by atoms with Crippen LogP contribution in [0, 0.1) is 11.8 Å². The maximum atomic E-state index is 13.0. The molecule has 9 heteroatoms. The number of piperidine rings is 1. The first-order valence-electron chi connectivity index (χ1n) is 11.2. The molecule has 0 bridgehead atoms.